The Bertz CT molecular complexity index is 297. The van der Waals surface area contributed by atoms with E-state index in [0.717, 1.165) is 5.71 Å². The third kappa shape index (κ3) is 0.704. The lowest BCUT2D eigenvalue weighted by atomic mass is 10.00. The molecule has 12 heavy (non-hydrogen) atoms. The quantitative estimate of drug-likeness (QED) is 0.535. The van der Waals surface area contributed by atoms with Crippen LogP contribution in [-0.4, -0.2) is 39.8 Å². The number of carboxylic acid groups (broad SMARTS) is 1. The summed E-state index contributed by atoms with van der Waals surface area (Å²) in [5, 5.41) is 8.67. The summed E-state index contributed by atoms with van der Waals surface area (Å²) in [6, 6.07) is -0.0430. The zero-order valence-electron chi connectivity index (χ0n) is 6.52. The Kier molecular flexibility index (Phi) is 1.25. The maximum absolute atomic E-state index is 11.0. The van der Waals surface area contributed by atoms with Crippen molar-refractivity contribution in [2.75, 3.05) is 0 Å². The van der Waals surface area contributed by atoms with Gasteiger partial charge in [0, 0.05) is 5.71 Å². The van der Waals surface area contributed by atoms with Gasteiger partial charge in [0.1, 0.15) is 0 Å². The molecule has 5 nitrogen and oxygen atoms in total. The highest BCUT2D eigenvalue weighted by atomic mass is 16.4. The maximum atomic E-state index is 11.0. The number of hydrogen-bond acceptors (Lipinski definition) is 3. The summed E-state index contributed by atoms with van der Waals surface area (Å²) < 4.78 is 0. The monoisotopic (exact) mass is 168 g/mol. The number of amides is 1. The molecule has 0 aliphatic carbocycles. The van der Waals surface area contributed by atoms with Crippen LogP contribution in [0.1, 0.15) is 13.3 Å². The molecule has 1 amide bonds. The lowest BCUT2D eigenvalue weighted by Crippen LogP contribution is -2.57. The van der Waals surface area contributed by atoms with Crippen molar-refractivity contribution in [1.82, 2.24) is 4.90 Å². The van der Waals surface area contributed by atoms with Gasteiger partial charge in [-0.25, -0.2) is 4.79 Å². The first-order valence-corrected chi connectivity index (χ1v) is 3.69. The number of nitrogens with zero attached hydrogens (tertiary/aromatic N) is 2. The number of carboxylic acids is 1. The highest BCUT2D eigenvalue weighted by Gasteiger charge is 2.49. The van der Waals surface area contributed by atoms with E-state index >= 15 is 0 Å². The molecule has 2 atom stereocenters. The third-order valence-electron chi connectivity index (χ3n) is 2.28. The van der Waals surface area contributed by atoms with Gasteiger partial charge in [-0.05, 0) is 6.92 Å². The molecule has 2 aliphatic heterocycles. The molecule has 0 bridgehead atoms. The van der Waals surface area contributed by atoms with Crippen molar-refractivity contribution in [1.29, 1.82) is 0 Å². The molecule has 5 heteroatoms. The molecule has 0 saturated carbocycles. The molecular formula is C7H8N2O3. The summed E-state index contributed by atoms with van der Waals surface area (Å²) in [6.07, 6.45) is -0.546. The molecule has 0 aromatic carbocycles. The molecule has 0 spiro atoms. The first-order chi connectivity index (χ1) is 5.61. The standard InChI is InChI=1S/C7H8N2O3/c1-3-4-2-5(10)9(4)6(8-3)7(11)12/h4,6H,2H2,1H3,(H,11,12)/t4-,6-/m1/s1. The van der Waals surface area contributed by atoms with Crippen LogP contribution in [0.4, 0.5) is 0 Å². The second-order valence-electron chi connectivity index (χ2n) is 3.00. The van der Waals surface area contributed by atoms with E-state index in [0.29, 0.717) is 6.42 Å². The van der Waals surface area contributed by atoms with E-state index < -0.39 is 12.1 Å². The average Bonchev–Trinajstić information content (AvgIpc) is 2.22. The molecule has 2 aliphatic rings. The highest BCUT2D eigenvalue weighted by Crippen LogP contribution is 2.29. The van der Waals surface area contributed by atoms with Crippen molar-refractivity contribution in [3.05, 3.63) is 0 Å². The summed E-state index contributed by atoms with van der Waals surface area (Å²) in [4.78, 5) is 26.7. The Hall–Kier alpha value is -1.39. The number of β-lactam (4-membered cyclic amide) rings is 1. The minimum absolute atomic E-state index is 0.0430. The predicted octanol–water partition coefficient (Wildman–Crippen LogP) is -0.527. The molecule has 64 valence electrons. The van der Waals surface area contributed by atoms with Crippen LogP contribution >= 0.6 is 0 Å². The number of aliphatic imine (C=N–C) groups is 1. The van der Waals surface area contributed by atoms with Crippen molar-refractivity contribution < 1.29 is 14.7 Å². The lowest BCUT2D eigenvalue weighted by Gasteiger charge is -2.36. The Morgan fingerprint density at radius 2 is 2.42 bits per heavy atom. The topological polar surface area (TPSA) is 70.0 Å². The number of carbonyl (C=O) groups is 2. The summed E-state index contributed by atoms with van der Waals surface area (Å²) in [5.41, 5.74) is 0.752. The van der Waals surface area contributed by atoms with Gasteiger partial charge in [0.15, 0.2) is 0 Å². The zero-order chi connectivity index (χ0) is 8.88. The van der Waals surface area contributed by atoms with Crippen LogP contribution in [0.5, 0.6) is 0 Å². The minimum atomic E-state index is -1.05. The molecule has 2 rings (SSSR count). The fourth-order valence-electron chi connectivity index (χ4n) is 1.60. The average molecular weight is 168 g/mol. The van der Waals surface area contributed by atoms with Gasteiger partial charge in [0.25, 0.3) is 0 Å². The molecule has 0 unspecified atom stereocenters. The van der Waals surface area contributed by atoms with Crippen LogP contribution in [-0.2, 0) is 9.59 Å². The predicted molar refractivity (Wildman–Crippen MR) is 39.8 cm³/mol. The van der Waals surface area contributed by atoms with Crippen molar-refractivity contribution >= 4 is 17.6 Å². The number of fused-ring (bicyclic) bond motifs is 1. The maximum Gasteiger partial charge on any atom is 0.349 e. The molecule has 0 aromatic heterocycles. The molecule has 2 heterocycles. The van der Waals surface area contributed by atoms with Gasteiger partial charge in [0.2, 0.25) is 12.1 Å². The number of aliphatic carboxylic acids is 1. The zero-order valence-corrected chi connectivity index (χ0v) is 6.52. The first kappa shape index (κ1) is 7.27. The van der Waals surface area contributed by atoms with E-state index in [1.807, 2.05) is 0 Å². The second kappa shape index (κ2) is 2.06. The number of carbonyl (C=O) groups excluding carboxylic acids is 1. The highest BCUT2D eigenvalue weighted by molar-refractivity contribution is 6.05. The Balaban J connectivity index is 2.27. The molecule has 0 radical (unpaired) electrons. The summed E-state index contributed by atoms with van der Waals surface area (Å²) in [6.45, 7) is 1.76. The summed E-state index contributed by atoms with van der Waals surface area (Å²) >= 11 is 0. The van der Waals surface area contributed by atoms with Gasteiger partial charge in [-0.15, -0.1) is 0 Å². The third-order valence-corrected chi connectivity index (χ3v) is 2.28. The van der Waals surface area contributed by atoms with E-state index in [-0.39, 0.29) is 11.9 Å². The number of rotatable bonds is 1. The van der Waals surface area contributed by atoms with Crippen LogP contribution in [0.3, 0.4) is 0 Å². The van der Waals surface area contributed by atoms with Crippen LogP contribution in [0, 0.1) is 0 Å². The van der Waals surface area contributed by atoms with Crippen molar-refractivity contribution in [2.45, 2.75) is 25.6 Å². The van der Waals surface area contributed by atoms with E-state index in [9.17, 15) is 9.59 Å². The molecule has 0 aromatic rings. The molecule has 1 N–H and O–H groups in total. The van der Waals surface area contributed by atoms with Gasteiger partial charge >= 0.3 is 5.97 Å². The summed E-state index contributed by atoms with van der Waals surface area (Å²) in [7, 11) is 0. The van der Waals surface area contributed by atoms with E-state index in [4.69, 9.17) is 5.11 Å². The van der Waals surface area contributed by atoms with Crippen molar-refractivity contribution in [2.24, 2.45) is 4.99 Å². The Labute approximate surface area is 68.7 Å². The normalized spacial score (nSPS) is 32.6. The van der Waals surface area contributed by atoms with Crippen LogP contribution in [0.25, 0.3) is 0 Å². The largest absolute Gasteiger partial charge is 0.478 e. The van der Waals surface area contributed by atoms with Gasteiger partial charge in [-0.1, -0.05) is 0 Å². The smallest absolute Gasteiger partial charge is 0.349 e. The number of hydrogen-bond donors (Lipinski definition) is 1. The van der Waals surface area contributed by atoms with Crippen molar-refractivity contribution in [3.8, 4) is 0 Å². The molecular weight excluding hydrogens is 160 g/mol. The van der Waals surface area contributed by atoms with Gasteiger partial charge < -0.3 is 10.0 Å². The van der Waals surface area contributed by atoms with E-state index in [1.54, 1.807) is 6.92 Å². The molecule has 1 fully saturated rings. The van der Waals surface area contributed by atoms with Gasteiger partial charge in [0.05, 0.1) is 12.5 Å². The first-order valence-electron chi connectivity index (χ1n) is 3.69. The minimum Gasteiger partial charge on any atom is -0.478 e. The van der Waals surface area contributed by atoms with E-state index in [1.165, 1.54) is 4.90 Å². The van der Waals surface area contributed by atoms with Gasteiger partial charge in [-0.2, -0.15) is 0 Å². The van der Waals surface area contributed by atoms with Crippen LogP contribution in [0.15, 0.2) is 4.99 Å². The fraction of sp³-hybridized carbons (Fsp3) is 0.571. The van der Waals surface area contributed by atoms with Gasteiger partial charge in [-0.3, -0.25) is 9.79 Å². The molecule has 1 saturated heterocycles. The second-order valence-corrected chi connectivity index (χ2v) is 3.00. The van der Waals surface area contributed by atoms with Crippen molar-refractivity contribution in [3.63, 3.8) is 0 Å². The lowest BCUT2D eigenvalue weighted by molar-refractivity contribution is -0.156. The summed E-state index contributed by atoms with van der Waals surface area (Å²) in [5.74, 6) is -1.17. The fourth-order valence-corrected chi connectivity index (χ4v) is 1.60. The van der Waals surface area contributed by atoms with E-state index in [2.05, 4.69) is 4.99 Å². The Morgan fingerprint density at radius 3 is 2.83 bits per heavy atom. The van der Waals surface area contributed by atoms with Crippen LogP contribution in [0.2, 0.25) is 0 Å². The SMILES string of the molecule is CC1=N[C@@H](C(=O)O)N2C(=O)C[C@H]12. The Morgan fingerprint density at radius 1 is 1.75 bits per heavy atom. The van der Waals surface area contributed by atoms with Crippen LogP contribution < -0.4 is 0 Å².